The summed E-state index contributed by atoms with van der Waals surface area (Å²) in [4.78, 5) is 1.32. The van der Waals surface area contributed by atoms with Crippen molar-refractivity contribution in [1.29, 1.82) is 0 Å². The minimum atomic E-state index is 1.07. The topological polar surface area (TPSA) is 25.8 Å². The number of aryl methyl sites for hydroxylation is 1. The Morgan fingerprint density at radius 1 is 1.20 bits per heavy atom. The summed E-state index contributed by atoms with van der Waals surface area (Å²) in [6, 6.07) is 4.17. The quantitative estimate of drug-likeness (QED) is 0.769. The maximum Gasteiger partial charge on any atom is 0.0582 e. The van der Waals surface area contributed by atoms with E-state index in [2.05, 4.69) is 28.6 Å². The number of rotatable bonds is 2. The predicted octanol–water partition coefficient (Wildman–Crippen LogP) is 3.79. The zero-order chi connectivity index (χ0) is 11.1. The molecule has 2 nitrogen and oxygen atoms in total. The summed E-state index contributed by atoms with van der Waals surface area (Å²) in [5.74, 6) is 0. The fraction of sp³-hybridized carbons (Fsp3) is 0.333. The molecule has 0 saturated heterocycles. The van der Waals surface area contributed by atoms with Crippen molar-refractivity contribution in [3.8, 4) is 10.4 Å². The van der Waals surface area contributed by atoms with Crippen LogP contribution in [0.3, 0.4) is 0 Å². The molecule has 0 atom stereocenters. The van der Waals surface area contributed by atoms with E-state index in [0.29, 0.717) is 0 Å². The van der Waals surface area contributed by atoms with Crippen molar-refractivity contribution in [3.63, 3.8) is 0 Å². The lowest BCUT2D eigenvalue weighted by Gasteiger charge is -1.98. The highest BCUT2D eigenvalue weighted by Crippen LogP contribution is 2.28. The molecule has 0 aliphatic heterocycles. The summed E-state index contributed by atoms with van der Waals surface area (Å²) < 4.78 is 0. The normalized spacial score (nSPS) is 9.27. The molecular formula is C12H16N2S. The standard InChI is InChI=1S/C10H10N2S.C2H6/c1-2-8-4-6-13-10(8)9-3-5-11-12-7-9;1-2/h3-7H,2H2,1H3;1-2H3. The Bertz CT molecular complexity index is 382. The van der Waals surface area contributed by atoms with Crippen LogP contribution in [0, 0.1) is 0 Å². The molecule has 0 aliphatic rings. The number of nitrogens with zero attached hydrogens (tertiary/aromatic N) is 2. The van der Waals surface area contributed by atoms with Crippen LogP contribution in [0.4, 0.5) is 0 Å². The maximum absolute atomic E-state index is 3.87. The monoisotopic (exact) mass is 220 g/mol. The lowest BCUT2D eigenvalue weighted by molar-refractivity contribution is 1.03. The molecule has 2 rings (SSSR count). The second kappa shape index (κ2) is 6.30. The average Bonchev–Trinajstić information content (AvgIpc) is 2.81. The molecule has 2 aromatic heterocycles. The third-order valence-electron chi connectivity index (χ3n) is 1.97. The molecule has 0 N–H and O–H groups in total. The Balaban J connectivity index is 0.000000531. The first-order valence-electron chi connectivity index (χ1n) is 5.25. The van der Waals surface area contributed by atoms with Crippen LogP contribution in [0.2, 0.25) is 0 Å². The van der Waals surface area contributed by atoms with Crippen molar-refractivity contribution in [2.45, 2.75) is 27.2 Å². The molecule has 80 valence electrons. The van der Waals surface area contributed by atoms with Crippen molar-refractivity contribution in [2.24, 2.45) is 0 Å². The minimum absolute atomic E-state index is 1.07. The maximum atomic E-state index is 3.87. The van der Waals surface area contributed by atoms with Crippen LogP contribution in [0.1, 0.15) is 26.3 Å². The van der Waals surface area contributed by atoms with Crippen LogP contribution >= 0.6 is 11.3 Å². The van der Waals surface area contributed by atoms with Crippen LogP contribution in [-0.4, -0.2) is 10.2 Å². The van der Waals surface area contributed by atoms with Gasteiger partial charge in [0.05, 0.1) is 12.4 Å². The lowest BCUT2D eigenvalue weighted by Crippen LogP contribution is -1.83. The van der Waals surface area contributed by atoms with Gasteiger partial charge in [-0.3, -0.25) is 0 Å². The molecule has 0 bridgehead atoms. The van der Waals surface area contributed by atoms with Gasteiger partial charge in [0, 0.05) is 10.4 Å². The minimum Gasteiger partial charge on any atom is -0.159 e. The van der Waals surface area contributed by atoms with Crippen molar-refractivity contribution in [3.05, 3.63) is 35.5 Å². The molecule has 0 fully saturated rings. The van der Waals surface area contributed by atoms with Gasteiger partial charge >= 0.3 is 0 Å². The molecule has 0 saturated carbocycles. The molecule has 2 aromatic rings. The fourth-order valence-corrected chi connectivity index (χ4v) is 2.28. The van der Waals surface area contributed by atoms with Gasteiger partial charge < -0.3 is 0 Å². The number of aromatic nitrogens is 2. The predicted molar refractivity (Wildman–Crippen MR) is 66.1 cm³/mol. The molecule has 0 radical (unpaired) electrons. The zero-order valence-electron chi connectivity index (χ0n) is 9.40. The Hall–Kier alpha value is -1.22. The second-order valence-electron chi connectivity index (χ2n) is 2.76. The molecule has 0 aromatic carbocycles. The van der Waals surface area contributed by atoms with Gasteiger partial charge in [-0.25, -0.2) is 0 Å². The van der Waals surface area contributed by atoms with E-state index in [1.165, 1.54) is 16.0 Å². The highest BCUT2D eigenvalue weighted by molar-refractivity contribution is 7.13. The first kappa shape index (κ1) is 11.9. The van der Waals surface area contributed by atoms with E-state index in [1.54, 1.807) is 17.5 Å². The number of thiophene rings is 1. The van der Waals surface area contributed by atoms with Crippen LogP contribution in [-0.2, 0) is 6.42 Å². The largest absolute Gasteiger partial charge is 0.159 e. The van der Waals surface area contributed by atoms with E-state index in [9.17, 15) is 0 Å². The molecule has 0 amide bonds. The van der Waals surface area contributed by atoms with E-state index < -0.39 is 0 Å². The van der Waals surface area contributed by atoms with Gasteiger partial charge in [-0.2, -0.15) is 10.2 Å². The zero-order valence-corrected chi connectivity index (χ0v) is 10.2. The highest BCUT2D eigenvalue weighted by Gasteiger charge is 2.04. The van der Waals surface area contributed by atoms with Gasteiger partial charge in [-0.15, -0.1) is 11.3 Å². The molecule has 0 unspecified atom stereocenters. The van der Waals surface area contributed by atoms with E-state index in [-0.39, 0.29) is 0 Å². The lowest BCUT2D eigenvalue weighted by atomic mass is 10.1. The fourth-order valence-electron chi connectivity index (χ4n) is 1.29. The number of hydrogen-bond acceptors (Lipinski definition) is 3. The molecular weight excluding hydrogens is 204 g/mol. The Morgan fingerprint density at radius 2 is 2.00 bits per heavy atom. The Morgan fingerprint density at radius 3 is 2.60 bits per heavy atom. The summed E-state index contributed by atoms with van der Waals surface area (Å²) in [5.41, 5.74) is 2.56. The molecule has 2 heterocycles. The summed E-state index contributed by atoms with van der Waals surface area (Å²) in [6.07, 6.45) is 4.61. The molecule has 15 heavy (non-hydrogen) atoms. The third kappa shape index (κ3) is 2.86. The van der Waals surface area contributed by atoms with E-state index >= 15 is 0 Å². The first-order valence-corrected chi connectivity index (χ1v) is 6.13. The van der Waals surface area contributed by atoms with Gasteiger partial charge in [0.15, 0.2) is 0 Å². The second-order valence-corrected chi connectivity index (χ2v) is 3.68. The van der Waals surface area contributed by atoms with Gasteiger partial charge in [0.2, 0.25) is 0 Å². The van der Waals surface area contributed by atoms with Gasteiger partial charge in [-0.05, 0) is 29.5 Å². The first-order chi connectivity index (χ1) is 7.42. The summed E-state index contributed by atoms with van der Waals surface area (Å²) in [5, 5.41) is 9.76. The van der Waals surface area contributed by atoms with Crippen LogP contribution in [0.25, 0.3) is 10.4 Å². The van der Waals surface area contributed by atoms with Crippen molar-refractivity contribution < 1.29 is 0 Å². The Labute approximate surface area is 95.0 Å². The average molecular weight is 220 g/mol. The Kier molecular flexibility index (Phi) is 4.98. The molecule has 0 aliphatic carbocycles. The van der Waals surface area contributed by atoms with Crippen molar-refractivity contribution >= 4 is 11.3 Å². The summed E-state index contributed by atoms with van der Waals surface area (Å²) in [6.45, 7) is 6.17. The van der Waals surface area contributed by atoms with Crippen molar-refractivity contribution in [2.75, 3.05) is 0 Å². The van der Waals surface area contributed by atoms with Gasteiger partial charge in [0.25, 0.3) is 0 Å². The summed E-state index contributed by atoms with van der Waals surface area (Å²) in [7, 11) is 0. The van der Waals surface area contributed by atoms with E-state index in [0.717, 1.165) is 6.42 Å². The molecule has 0 spiro atoms. The van der Waals surface area contributed by atoms with Crippen LogP contribution < -0.4 is 0 Å². The van der Waals surface area contributed by atoms with E-state index in [1.807, 2.05) is 26.1 Å². The van der Waals surface area contributed by atoms with Crippen LogP contribution in [0.15, 0.2) is 29.9 Å². The third-order valence-corrected chi connectivity index (χ3v) is 2.98. The summed E-state index contributed by atoms with van der Waals surface area (Å²) >= 11 is 1.76. The molecule has 3 heteroatoms. The van der Waals surface area contributed by atoms with Gasteiger partial charge in [-0.1, -0.05) is 20.8 Å². The van der Waals surface area contributed by atoms with Crippen molar-refractivity contribution in [1.82, 2.24) is 10.2 Å². The smallest absolute Gasteiger partial charge is 0.0582 e. The highest BCUT2D eigenvalue weighted by atomic mass is 32.1. The van der Waals surface area contributed by atoms with Gasteiger partial charge in [0.1, 0.15) is 0 Å². The van der Waals surface area contributed by atoms with E-state index in [4.69, 9.17) is 0 Å². The number of hydrogen-bond donors (Lipinski definition) is 0. The SMILES string of the molecule is CC.CCc1ccsc1-c1ccnnc1. The van der Waals surface area contributed by atoms with Crippen LogP contribution in [0.5, 0.6) is 0 Å².